The quantitative estimate of drug-likeness (QED) is 0.463. The zero-order valence-electron chi connectivity index (χ0n) is 11.6. The van der Waals surface area contributed by atoms with Crippen LogP contribution in [-0.2, 0) is 4.43 Å². The van der Waals surface area contributed by atoms with Crippen LogP contribution in [0.3, 0.4) is 0 Å². The third-order valence-corrected chi connectivity index (χ3v) is 3.59. The van der Waals surface area contributed by atoms with Crippen molar-refractivity contribution in [3.63, 3.8) is 0 Å². The van der Waals surface area contributed by atoms with Gasteiger partial charge in [-0.3, -0.25) is 0 Å². The van der Waals surface area contributed by atoms with Crippen LogP contribution in [0.2, 0.25) is 19.6 Å². The molecule has 0 aromatic heterocycles. The van der Waals surface area contributed by atoms with E-state index in [4.69, 9.17) is 4.43 Å². The summed E-state index contributed by atoms with van der Waals surface area (Å²) in [5.41, 5.74) is -0.559. The van der Waals surface area contributed by atoms with Gasteiger partial charge in [-0.15, -0.1) is 0 Å². The Kier molecular flexibility index (Phi) is 6.94. The molecule has 0 fully saturated rings. The standard InChI is InChI=1S/C13H27NOSi/c1-6-7-8-9-10-11-13(2,12-14)15-16(3,4)5/h6-11H2,1-5H3. The second-order valence-electron chi connectivity index (χ2n) is 5.72. The minimum atomic E-state index is -1.61. The number of hydrogen-bond acceptors (Lipinski definition) is 2. The smallest absolute Gasteiger partial charge is 0.185 e. The van der Waals surface area contributed by atoms with Gasteiger partial charge in [0.25, 0.3) is 0 Å². The summed E-state index contributed by atoms with van der Waals surface area (Å²) in [4.78, 5) is 0. The lowest BCUT2D eigenvalue weighted by molar-refractivity contribution is 0.126. The molecule has 0 N–H and O–H groups in total. The van der Waals surface area contributed by atoms with Crippen LogP contribution in [-0.4, -0.2) is 13.9 Å². The Morgan fingerprint density at radius 2 is 1.69 bits per heavy atom. The van der Waals surface area contributed by atoms with Crippen LogP contribution < -0.4 is 0 Å². The molecule has 1 unspecified atom stereocenters. The Morgan fingerprint density at radius 3 is 2.12 bits per heavy atom. The minimum absolute atomic E-state index is 0.559. The van der Waals surface area contributed by atoms with Gasteiger partial charge in [0.05, 0.1) is 6.07 Å². The van der Waals surface area contributed by atoms with Gasteiger partial charge in [0.15, 0.2) is 8.32 Å². The van der Waals surface area contributed by atoms with Crippen LogP contribution in [0.1, 0.15) is 52.4 Å². The zero-order chi connectivity index (χ0) is 12.7. The van der Waals surface area contributed by atoms with E-state index < -0.39 is 13.9 Å². The molecule has 16 heavy (non-hydrogen) atoms. The zero-order valence-corrected chi connectivity index (χ0v) is 12.6. The maximum absolute atomic E-state index is 9.20. The van der Waals surface area contributed by atoms with Gasteiger partial charge in [-0.25, -0.2) is 0 Å². The molecule has 0 heterocycles. The molecular weight excluding hydrogens is 214 g/mol. The van der Waals surface area contributed by atoms with E-state index in [1.165, 1.54) is 25.7 Å². The number of nitrogens with zero attached hydrogens (tertiary/aromatic N) is 1. The minimum Gasteiger partial charge on any atom is -0.400 e. The molecule has 3 heteroatoms. The van der Waals surface area contributed by atoms with E-state index >= 15 is 0 Å². The van der Waals surface area contributed by atoms with Crippen molar-refractivity contribution in [3.05, 3.63) is 0 Å². The van der Waals surface area contributed by atoms with E-state index in [1.807, 2.05) is 6.92 Å². The van der Waals surface area contributed by atoms with Crippen LogP contribution in [0.25, 0.3) is 0 Å². The summed E-state index contributed by atoms with van der Waals surface area (Å²) in [6.45, 7) is 10.6. The molecule has 0 aromatic carbocycles. The highest BCUT2D eigenvalue weighted by Gasteiger charge is 2.30. The van der Waals surface area contributed by atoms with E-state index in [1.54, 1.807) is 0 Å². The van der Waals surface area contributed by atoms with Gasteiger partial charge in [0.1, 0.15) is 5.60 Å². The van der Waals surface area contributed by atoms with Gasteiger partial charge in [0.2, 0.25) is 0 Å². The molecule has 0 rings (SSSR count). The summed E-state index contributed by atoms with van der Waals surface area (Å²) in [7, 11) is -1.61. The third kappa shape index (κ3) is 7.89. The molecular formula is C13H27NOSi. The first kappa shape index (κ1) is 15.7. The summed E-state index contributed by atoms with van der Waals surface area (Å²) >= 11 is 0. The lowest BCUT2D eigenvalue weighted by atomic mass is 9.99. The molecule has 0 radical (unpaired) electrons. The van der Waals surface area contributed by atoms with E-state index in [0.29, 0.717) is 0 Å². The highest BCUT2D eigenvalue weighted by Crippen LogP contribution is 2.23. The Hall–Kier alpha value is -0.333. The fourth-order valence-corrected chi connectivity index (χ4v) is 3.37. The largest absolute Gasteiger partial charge is 0.400 e. The van der Waals surface area contributed by atoms with Crippen LogP contribution >= 0.6 is 0 Å². The first-order chi connectivity index (χ1) is 7.33. The Bertz CT molecular complexity index is 229. The number of rotatable bonds is 8. The summed E-state index contributed by atoms with van der Waals surface area (Å²) in [5.74, 6) is 0. The molecule has 0 spiro atoms. The predicted molar refractivity (Wildman–Crippen MR) is 71.8 cm³/mol. The first-order valence-electron chi connectivity index (χ1n) is 6.44. The molecule has 0 amide bonds. The Labute approximate surface area is 102 Å². The highest BCUT2D eigenvalue weighted by atomic mass is 28.4. The second kappa shape index (κ2) is 7.08. The number of hydrogen-bond donors (Lipinski definition) is 0. The van der Waals surface area contributed by atoms with Crippen LogP contribution in [0, 0.1) is 11.3 Å². The molecule has 0 bridgehead atoms. The monoisotopic (exact) mass is 241 g/mol. The molecule has 0 aliphatic carbocycles. The highest BCUT2D eigenvalue weighted by molar-refractivity contribution is 6.69. The normalized spacial score (nSPS) is 15.5. The molecule has 2 nitrogen and oxygen atoms in total. The van der Waals surface area contributed by atoms with Gasteiger partial charge in [-0.2, -0.15) is 5.26 Å². The van der Waals surface area contributed by atoms with Crippen LogP contribution in [0.4, 0.5) is 0 Å². The number of unbranched alkanes of at least 4 members (excludes halogenated alkanes) is 4. The molecule has 0 saturated heterocycles. The first-order valence-corrected chi connectivity index (χ1v) is 9.85. The second-order valence-corrected chi connectivity index (χ2v) is 10.2. The Morgan fingerprint density at radius 1 is 1.12 bits per heavy atom. The van der Waals surface area contributed by atoms with E-state index in [9.17, 15) is 5.26 Å². The maximum Gasteiger partial charge on any atom is 0.185 e. The van der Waals surface area contributed by atoms with Crippen molar-refractivity contribution in [2.75, 3.05) is 0 Å². The number of nitriles is 1. The van der Waals surface area contributed by atoms with Crippen LogP contribution in [0.5, 0.6) is 0 Å². The van der Waals surface area contributed by atoms with Gasteiger partial charge in [-0.05, 0) is 39.4 Å². The van der Waals surface area contributed by atoms with Gasteiger partial charge in [0, 0.05) is 0 Å². The maximum atomic E-state index is 9.20. The molecule has 0 aromatic rings. The van der Waals surface area contributed by atoms with E-state index in [2.05, 4.69) is 32.6 Å². The van der Waals surface area contributed by atoms with Crippen molar-refractivity contribution < 1.29 is 4.43 Å². The lowest BCUT2D eigenvalue weighted by Gasteiger charge is -2.30. The molecule has 1 atom stereocenters. The van der Waals surface area contributed by atoms with Crippen molar-refractivity contribution >= 4 is 8.32 Å². The van der Waals surface area contributed by atoms with Gasteiger partial charge in [-0.1, -0.05) is 32.6 Å². The molecule has 0 saturated carbocycles. The van der Waals surface area contributed by atoms with Crippen LogP contribution in [0.15, 0.2) is 0 Å². The van der Waals surface area contributed by atoms with Crippen molar-refractivity contribution in [1.82, 2.24) is 0 Å². The molecule has 0 aliphatic heterocycles. The average Bonchev–Trinajstić information content (AvgIpc) is 2.15. The van der Waals surface area contributed by atoms with Crippen molar-refractivity contribution in [2.24, 2.45) is 0 Å². The van der Waals surface area contributed by atoms with E-state index in [0.717, 1.165) is 12.8 Å². The predicted octanol–water partition coefficient (Wildman–Crippen LogP) is 4.48. The summed E-state index contributed by atoms with van der Waals surface area (Å²) in [6.07, 6.45) is 7.05. The summed E-state index contributed by atoms with van der Waals surface area (Å²) < 4.78 is 5.96. The van der Waals surface area contributed by atoms with Gasteiger partial charge < -0.3 is 4.43 Å². The van der Waals surface area contributed by atoms with Gasteiger partial charge >= 0.3 is 0 Å². The fourth-order valence-electron chi connectivity index (χ4n) is 1.87. The van der Waals surface area contributed by atoms with Crippen molar-refractivity contribution in [2.45, 2.75) is 77.6 Å². The summed E-state index contributed by atoms with van der Waals surface area (Å²) in [6, 6.07) is 2.34. The summed E-state index contributed by atoms with van der Waals surface area (Å²) in [5, 5.41) is 9.20. The third-order valence-electron chi connectivity index (χ3n) is 2.53. The topological polar surface area (TPSA) is 33.0 Å². The SMILES string of the molecule is CCCCCCCC(C)(C#N)O[Si](C)(C)C. The fraction of sp³-hybridized carbons (Fsp3) is 0.923. The van der Waals surface area contributed by atoms with Crippen molar-refractivity contribution in [1.29, 1.82) is 5.26 Å². The average molecular weight is 241 g/mol. The molecule has 0 aliphatic rings. The lowest BCUT2D eigenvalue weighted by Crippen LogP contribution is -2.39. The van der Waals surface area contributed by atoms with E-state index in [-0.39, 0.29) is 0 Å². The molecule has 94 valence electrons. The van der Waals surface area contributed by atoms with Crippen molar-refractivity contribution in [3.8, 4) is 6.07 Å². The Balaban J connectivity index is 3.95.